The molecule has 1 N–H and O–H groups in total. The summed E-state index contributed by atoms with van der Waals surface area (Å²) in [6.07, 6.45) is 0. The number of benzene rings is 1. The Balaban J connectivity index is 1.81. The molecule has 9 nitrogen and oxygen atoms in total. The fourth-order valence-corrected chi connectivity index (χ4v) is 3.02. The molecule has 0 spiro atoms. The summed E-state index contributed by atoms with van der Waals surface area (Å²) in [6.45, 7) is 3.97. The number of methoxy groups -OCH3 is 2. The van der Waals surface area contributed by atoms with Gasteiger partial charge in [-0.25, -0.2) is 4.98 Å². The van der Waals surface area contributed by atoms with Crippen molar-refractivity contribution in [1.82, 2.24) is 9.55 Å². The van der Waals surface area contributed by atoms with E-state index in [0.717, 1.165) is 0 Å². The van der Waals surface area contributed by atoms with Crippen LogP contribution in [0.4, 0.5) is 11.6 Å². The molecule has 150 valence electrons. The topological polar surface area (TPSA) is 94.9 Å². The average Bonchev–Trinajstić information content (AvgIpc) is 2.70. The summed E-state index contributed by atoms with van der Waals surface area (Å²) >= 11 is 0. The number of anilines is 2. The van der Waals surface area contributed by atoms with Gasteiger partial charge in [-0.05, 0) is 19.1 Å². The molecule has 0 saturated carbocycles. The minimum Gasteiger partial charge on any atom is -0.493 e. The Labute approximate surface area is 162 Å². The third kappa shape index (κ3) is 4.42. The second-order valence-electron chi connectivity index (χ2n) is 6.34. The van der Waals surface area contributed by atoms with Gasteiger partial charge in [0.05, 0.1) is 27.4 Å². The predicted molar refractivity (Wildman–Crippen MR) is 104 cm³/mol. The Kier molecular flexibility index (Phi) is 6.15. The SMILES string of the molecule is COc1ccc(NC(=O)Cn2c(N3CCOCC3)nc(C)cc2=O)cc1OC. The largest absolute Gasteiger partial charge is 0.493 e. The molecule has 0 atom stereocenters. The fourth-order valence-electron chi connectivity index (χ4n) is 3.02. The lowest BCUT2D eigenvalue weighted by molar-refractivity contribution is -0.116. The first kappa shape index (κ1) is 19.7. The molecule has 1 saturated heterocycles. The van der Waals surface area contributed by atoms with E-state index in [4.69, 9.17) is 14.2 Å². The molecule has 1 aromatic carbocycles. The zero-order valence-electron chi connectivity index (χ0n) is 16.2. The molecular formula is C19H24N4O5. The van der Waals surface area contributed by atoms with Gasteiger partial charge >= 0.3 is 0 Å². The van der Waals surface area contributed by atoms with E-state index in [-0.39, 0.29) is 18.0 Å². The lowest BCUT2D eigenvalue weighted by Gasteiger charge is -2.29. The maximum Gasteiger partial charge on any atom is 0.255 e. The van der Waals surface area contributed by atoms with Crippen LogP contribution in [-0.2, 0) is 16.1 Å². The van der Waals surface area contributed by atoms with Crippen molar-refractivity contribution in [1.29, 1.82) is 0 Å². The Bertz CT molecular complexity index is 906. The van der Waals surface area contributed by atoms with Gasteiger partial charge in [0.25, 0.3) is 5.56 Å². The normalized spacial score (nSPS) is 13.9. The zero-order valence-corrected chi connectivity index (χ0v) is 16.2. The molecular weight excluding hydrogens is 364 g/mol. The monoisotopic (exact) mass is 388 g/mol. The standard InChI is InChI=1S/C19H24N4O5/c1-13-10-18(25)23(19(20-13)22-6-8-28-9-7-22)12-17(24)21-14-4-5-15(26-2)16(11-14)27-3/h4-5,10-11H,6-9,12H2,1-3H3,(H,21,24). The molecule has 1 amide bonds. The van der Waals surface area contributed by atoms with Crippen molar-refractivity contribution in [3.8, 4) is 11.5 Å². The minimum atomic E-state index is -0.338. The number of aromatic nitrogens is 2. The highest BCUT2D eigenvalue weighted by atomic mass is 16.5. The summed E-state index contributed by atoms with van der Waals surface area (Å²) in [5.74, 6) is 1.21. The number of amides is 1. The molecule has 9 heteroatoms. The first-order valence-electron chi connectivity index (χ1n) is 8.95. The van der Waals surface area contributed by atoms with Crippen LogP contribution in [0.25, 0.3) is 0 Å². The first-order valence-corrected chi connectivity index (χ1v) is 8.95. The third-order valence-corrected chi connectivity index (χ3v) is 4.38. The number of nitrogens with one attached hydrogen (secondary N) is 1. The number of ether oxygens (including phenoxy) is 3. The minimum absolute atomic E-state index is 0.146. The highest BCUT2D eigenvalue weighted by Gasteiger charge is 2.19. The Morgan fingerprint density at radius 3 is 2.57 bits per heavy atom. The zero-order chi connectivity index (χ0) is 20.1. The molecule has 2 heterocycles. The highest BCUT2D eigenvalue weighted by molar-refractivity contribution is 5.91. The van der Waals surface area contributed by atoms with Crippen molar-refractivity contribution in [2.75, 3.05) is 50.7 Å². The smallest absolute Gasteiger partial charge is 0.255 e. The van der Waals surface area contributed by atoms with Crippen LogP contribution in [0, 0.1) is 6.92 Å². The molecule has 0 bridgehead atoms. The van der Waals surface area contributed by atoms with Gasteiger partial charge in [-0.1, -0.05) is 0 Å². The Morgan fingerprint density at radius 1 is 1.18 bits per heavy atom. The number of morpholine rings is 1. The summed E-state index contributed by atoms with van der Waals surface area (Å²) in [7, 11) is 3.07. The molecule has 1 aliphatic rings. The van der Waals surface area contributed by atoms with Crippen LogP contribution in [0.3, 0.4) is 0 Å². The quantitative estimate of drug-likeness (QED) is 0.790. The molecule has 2 aromatic rings. The number of hydrogen-bond acceptors (Lipinski definition) is 7. The van der Waals surface area contributed by atoms with Crippen molar-refractivity contribution >= 4 is 17.5 Å². The number of carbonyl (C=O) groups excluding carboxylic acids is 1. The maximum absolute atomic E-state index is 12.6. The van der Waals surface area contributed by atoms with Crippen LogP contribution in [0.5, 0.6) is 11.5 Å². The summed E-state index contributed by atoms with van der Waals surface area (Å²) in [5.41, 5.74) is 0.892. The molecule has 1 fully saturated rings. The predicted octanol–water partition coefficient (Wildman–Crippen LogP) is 1.04. The molecule has 0 unspecified atom stereocenters. The Hall–Kier alpha value is -3.07. The van der Waals surface area contributed by atoms with Crippen LogP contribution in [0.2, 0.25) is 0 Å². The van der Waals surface area contributed by atoms with E-state index in [2.05, 4.69) is 10.3 Å². The molecule has 1 aromatic heterocycles. The van der Waals surface area contributed by atoms with Gasteiger partial charge < -0.3 is 24.4 Å². The fraction of sp³-hybridized carbons (Fsp3) is 0.421. The van der Waals surface area contributed by atoms with E-state index in [1.165, 1.54) is 17.7 Å². The number of aryl methyl sites for hydroxylation is 1. The van der Waals surface area contributed by atoms with E-state index < -0.39 is 0 Å². The summed E-state index contributed by atoms with van der Waals surface area (Å²) in [4.78, 5) is 31.6. The van der Waals surface area contributed by atoms with Crippen LogP contribution in [0.15, 0.2) is 29.1 Å². The number of hydrogen-bond donors (Lipinski definition) is 1. The van der Waals surface area contributed by atoms with Gasteiger partial charge in [-0.3, -0.25) is 14.2 Å². The summed E-state index contributed by atoms with van der Waals surface area (Å²) < 4.78 is 17.2. The van der Waals surface area contributed by atoms with Crippen LogP contribution < -0.4 is 25.2 Å². The van der Waals surface area contributed by atoms with Crippen molar-refractivity contribution in [2.45, 2.75) is 13.5 Å². The molecule has 1 aliphatic heterocycles. The van der Waals surface area contributed by atoms with Crippen molar-refractivity contribution in [3.63, 3.8) is 0 Å². The van der Waals surface area contributed by atoms with Crippen LogP contribution >= 0.6 is 0 Å². The number of nitrogens with zero attached hydrogens (tertiary/aromatic N) is 3. The van der Waals surface area contributed by atoms with E-state index in [1.807, 2.05) is 4.90 Å². The summed E-state index contributed by atoms with van der Waals surface area (Å²) in [5, 5.41) is 2.78. The lowest BCUT2D eigenvalue weighted by atomic mass is 10.2. The van der Waals surface area contributed by atoms with Crippen molar-refractivity contribution < 1.29 is 19.0 Å². The van der Waals surface area contributed by atoms with E-state index in [0.29, 0.717) is 55.1 Å². The molecule has 0 aliphatic carbocycles. The molecule has 0 radical (unpaired) electrons. The van der Waals surface area contributed by atoms with Crippen LogP contribution in [0.1, 0.15) is 5.69 Å². The first-order chi connectivity index (χ1) is 13.5. The molecule has 3 rings (SSSR count). The van der Waals surface area contributed by atoms with E-state index in [1.54, 1.807) is 32.2 Å². The van der Waals surface area contributed by atoms with E-state index >= 15 is 0 Å². The summed E-state index contributed by atoms with van der Waals surface area (Å²) in [6, 6.07) is 6.49. The second-order valence-corrected chi connectivity index (χ2v) is 6.34. The average molecular weight is 388 g/mol. The second kappa shape index (κ2) is 8.75. The van der Waals surface area contributed by atoms with Crippen molar-refractivity contribution in [3.05, 3.63) is 40.3 Å². The van der Waals surface area contributed by atoms with Gasteiger partial charge in [0, 0.05) is 36.6 Å². The van der Waals surface area contributed by atoms with Gasteiger partial charge in [-0.15, -0.1) is 0 Å². The van der Waals surface area contributed by atoms with Gasteiger partial charge in [-0.2, -0.15) is 0 Å². The highest BCUT2D eigenvalue weighted by Crippen LogP contribution is 2.29. The van der Waals surface area contributed by atoms with Gasteiger partial charge in [0.1, 0.15) is 6.54 Å². The number of carbonyl (C=O) groups is 1. The van der Waals surface area contributed by atoms with Crippen LogP contribution in [-0.4, -0.2) is 56.0 Å². The van der Waals surface area contributed by atoms with Gasteiger partial charge in [0.2, 0.25) is 11.9 Å². The van der Waals surface area contributed by atoms with Crippen molar-refractivity contribution in [2.24, 2.45) is 0 Å². The number of rotatable bonds is 6. The van der Waals surface area contributed by atoms with Gasteiger partial charge in [0.15, 0.2) is 11.5 Å². The Morgan fingerprint density at radius 2 is 1.89 bits per heavy atom. The van der Waals surface area contributed by atoms with E-state index in [9.17, 15) is 9.59 Å². The third-order valence-electron chi connectivity index (χ3n) is 4.38. The molecule has 28 heavy (non-hydrogen) atoms. The lowest BCUT2D eigenvalue weighted by Crippen LogP contribution is -2.41. The maximum atomic E-state index is 12.6.